The first-order valence-electron chi connectivity index (χ1n) is 11.0. The SMILES string of the molecule is CNC(=O)C1C(c2ccccc2)C(C(=O)OC)C(c2ccccc2)N1C(=O)c1ccccc1Br. The van der Waals surface area contributed by atoms with E-state index in [9.17, 15) is 14.4 Å². The number of nitrogens with one attached hydrogen (secondary N) is 1. The van der Waals surface area contributed by atoms with Gasteiger partial charge in [-0.25, -0.2) is 0 Å². The smallest absolute Gasteiger partial charge is 0.311 e. The van der Waals surface area contributed by atoms with Crippen molar-refractivity contribution in [3.8, 4) is 0 Å². The lowest BCUT2D eigenvalue weighted by Gasteiger charge is -2.31. The molecule has 34 heavy (non-hydrogen) atoms. The second-order valence-electron chi connectivity index (χ2n) is 8.09. The number of amides is 2. The van der Waals surface area contributed by atoms with Crippen molar-refractivity contribution in [2.45, 2.75) is 18.0 Å². The number of hydrogen-bond acceptors (Lipinski definition) is 4. The highest BCUT2D eigenvalue weighted by atomic mass is 79.9. The van der Waals surface area contributed by atoms with Gasteiger partial charge >= 0.3 is 5.97 Å². The van der Waals surface area contributed by atoms with Crippen molar-refractivity contribution in [3.63, 3.8) is 0 Å². The highest BCUT2D eigenvalue weighted by Crippen LogP contribution is 2.51. The quantitative estimate of drug-likeness (QED) is 0.508. The number of rotatable bonds is 5. The molecule has 0 radical (unpaired) electrons. The third kappa shape index (κ3) is 4.23. The number of carbonyl (C=O) groups is 3. The van der Waals surface area contributed by atoms with Crippen molar-refractivity contribution in [1.29, 1.82) is 0 Å². The lowest BCUT2D eigenvalue weighted by molar-refractivity contribution is -0.146. The van der Waals surface area contributed by atoms with Crippen LogP contribution in [0.1, 0.15) is 33.4 Å². The first kappa shape index (κ1) is 23.7. The molecule has 1 heterocycles. The number of ether oxygens (including phenoxy) is 1. The predicted molar refractivity (Wildman–Crippen MR) is 132 cm³/mol. The molecule has 174 valence electrons. The summed E-state index contributed by atoms with van der Waals surface area (Å²) in [4.78, 5) is 42.3. The van der Waals surface area contributed by atoms with Gasteiger partial charge in [0.1, 0.15) is 6.04 Å². The van der Waals surface area contributed by atoms with E-state index in [1.54, 1.807) is 23.1 Å². The molecule has 0 spiro atoms. The van der Waals surface area contributed by atoms with E-state index in [0.717, 1.165) is 11.1 Å². The number of nitrogens with zero attached hydrogens (tertiary/aromatic N) is 1. The summed E-state index contributed by atoms with van der Waals surface area (Å²) in [6, 6.07) is 24.1. The summed E-state index contributed by atoms with van der Waals surface area (Å²) in [7, 11) is 2.87. The summed E-state index contributed by atoms with van der Waals surface area (Å²) in [6.45, 7) is 0. The van der Waals surface area contributed by atoms with Crippen molar-refractivity contribution in [3.05, 3.63) is 106 Å². The molecule has 4 atom stereocenters. The Bertz CT molecular complexity index is 1190. The van der Waals surface area contributed by atoms with Crippen LogP contribution in [-0.4, -0.2) is 42.9 Å². The molecule has 0 aliphatic carbocycles. The fourth-order valence-electron chi connectivity index (χ4n) is 4.87. The van der Waals surface area contributed by atoms with Gasteiger partial charge in [0.15, 0.2) is 0 Å². The highest BCUT2D eigenvalue weighted by molar-refractivity contribution is 9.10. The van der Waals surface area contributed by atoms with Crippen molar-refractivity contribution in [2.24, 2.45) is 5.92 Å². The Balaban J connectivity index is 1.99. The zero-order valence-corrected chi connectivity index (χ0v) is 20.4. The number of methoxy groups -OCH3 is 1. The molecule has 0 saturated carbocycles. The molecule has 6 nitrogen and oxygen atoms in total. The van der Waals surface area contributed by atoms with Gasteiger partial charge in [0.25, 0.3) is 5.91 Å². The molecule has 0 aromatic heterocycles. The molecule has 1 aliphatic heterocycles. The number of halogens is 1. The van der Waals surface area contributed by atoms with Gasteiger partial charge in [0.05, 0.1) is 24.6 Å². The molecule has 1 saturated heterocycles. The molecule has 0 bridgehead atoms. The van der Waals surface area contributed by atoms with Crippen LogP contribution < -0.4 is 5.32 Å². The van der Waals surface area contributed by atoms with Crippen molar-refractivity contribution in [1.82, 2.24) is 10.2 Å². The summed E-state index contributed by atoms with van der Waals surface area (Å²) in [5.74, 6) is -2.56. The van der Waals surface area contributed by atoms with E-state index in [-0.39, 0.29) is 11.8 Å². The Hall–Kier alpha value is -3.45. The Morgan fingerprint density at radius 2 is 1.41 bits per heavy atom. The maximum absolute atomic E-state index is 14.1. The third-order valence-corrected chi connectivity index (χ3v) is 7.01. The number of likely N-dealkylation sites (N-methyl/N-ethyl adjacent to an activating group) is 1. The van der Waals surface area contributed by atoms with E-state index in [2.05, 4.69) is 21.2 Å². The minimum absolute atomic E-state index is 0.345. The molecule has 3 aromatic carbocycles. The maximum Gasteiger partial charge on any atom is 0.311 e. The number of esters is 1. The van der Waals surface area contributed by atoms with E-state index in [1.807, 2.05) is 66.7 Å². The molecule has 1 fully saturated rings. The van der Waals surface area contributed by atoms with Crippen LogP contribution >= 0.6 is 15.9 Å². The third-order valence-electron chi connectivity index (χ3n) is 6.32. The minimum Gasteiger partial charge on any atom is -0.469 e. The average Bonchev–Trinajstić information content (AvgIpc) is 3.25. The van der Waals surface area contributed by atoms with Crippen LogP contribution in [0.3, 0.4) is 0 Å². The lowest BCUT2D eigenvalue weighted by Crippen LogP contribution is -2.47. The molecule has 1 aliphatic rings. The number of carbonyl (C=O) groups excluding carboxylic acids is 3. The van der Waals surface area contributed by atoms with Crippen molar-refractivity contribution < 1.29 is 19.1 Å². The van der Waals surface area contributed by atoms with Gasteiger partial charge in [0.2, 0.25) is 5.91 Å². The van der Waals surface area contributed by atoms with Crippen LogP contribution in [0.4, 0.5) is 0 Å². The van der Waals surface area contributed by atoms with Crippen LogP contribution in [0.25, 0.3) is 0 Å². The van der Waals surface area contributed by atoms with Gasteiger partial charge in [-0.15, -0.1) is 0 Å². The minimum atomic E-state index is -0.929. The van der Waals surface area contributed by atoms with Gasteiger partial charge in [-0.2, -0.15) is 0 Å². The second-order valence-corrected chi connectivity index (χ2v) is 8.95. The molecule has 7 heteroatoms. The molecule has 3 aromatic rings. The van der Waals surface area contributed by atoms with Crippen LogP contribution in [0.2, 0.25) is 0 Å². The Kier molecular flexibility index (Phi) is 7.12. The Labute approximate surface area is 207 Å². The molecule has 1 N–H and O–H groups in total. The van der Waals surface area contributed by atoms with Gasteiger partial charge in [-0.05, 0) is 39.2 Å². The molecule has 2 amide bonds. The average molecular weight is 521 g/mol. The fraction of sp³-hybridized carbons (Fsp3) is 0.222. The monoisotopic (exact) mass is 520 g/mol. The normalized spacial score (nSPS) is 21.7. The van der Waals surface area contributed by atoms with Crippen LogP contribution in [0.15, 0.2) is 89.4 Å². The molecule has 4 unspecified atom stereocenters. The van der Waals surface area contributed by atoms with E-state index >= 15 is 0 Å². The summed E-state index contributed by atoms with van der Waals surface area (Å²) < 4.78 is 5.85. The van der Waals surface area contributed by atoms with E-state index in [0.29, 0.717) is 10.0 Å². The van der Waals surface area contributed by atoms with E-state index in [4.69, 9.17) is 4.74 Å². The molecular formula is C27H25BrN2O4. The maximum atomic E-state index is 14.1. The van der Waals surface area contributed by atoms with Crippen molar-refractivity contribution in [2.75, 3.05) is 14.2 Å². The largest absolute Gasteiger partial charge is 0.469 e. The van der Waals surface area contributed by atoms with Gasteiger partial charge in [0, 0.05) is 17.4 Å². The summed E-state index contributed by atoms with van der Waals surface area (Å²) in [5.41, 5.74) is 1.95. The van der Waals surface area contributed by atoms with Gasteiger partial charge in [-0.3, -0.25) is 14.4 Å². The summed E-state index contributed by atoms with van der Waals surface area (Å²) in [5, 5.41) is 2.71. The lowest BCUT2D eigenvalue weighted by atomic mass is 9.80. The number of benzene rings is 3. The summed E-state index contributed by atoms with van der Waals surface area (Å²) in [6.07, 6.45) is 0. The zero-order chi connectivity index (χ0) is 24.2. The predicted octanol–water partition coefficient (Wildman–Crippen LogP) is 4.33. The van der Waals surface area contributed by atoms with Crippen LogP contribution in [0, 0.1) is 5.92 Å². The van der Waals surface area contributed by atoms with Crippen LogP contribution in [-0.2, 0) is 14.3 Å². The standard InChI is InChI=1S/C27H25BrN2O4/c1-29-25(31)24-21(17-11-5-3-6-12-17)22(27(33)34-2)23(18-13-7-4-8-14-18)30(24)26(32)19-15-9-10-16-20(19)28/h3-16,21-24H,1-2H3,(H,29,31). The zero-order valence-electron chi connectivity index (χ0n) is 18.9. The fourth-order valence-corrected chi connectivity index (χ4v) is 5.32. The summed E-state index contributed by atoms with van der Waals surface area (Å²) >= 11 is 3.47. The van der Waals surface area contributed by atoms with Gasteiger partial charge < -0.3 is 15.0 Å². The van der Waals surface area contributed by atoms with E-state index < -0.39 is 29.9 Å². The number of likely N-dealkylation sites (tertiary alicyclic amines) is 1. The first-order chi connectivity index (χ1) is 16.5. The van der Waals surface area contributed by atoms with E-state index in [1.165, 1.54) is 14.2 Å². The van der Waals surface area contributed by atoms with Crippen LogP contribution in [0.5, 0.6) is 0 Å². The number of hydrogen-bond donors (Lipinski definition) is 1. The second kappa shape index (κ2) is 10.2. The topological polar surface area (TPSA) is 75.7 Å². The Morgan fingerprint density at radius 1 is 0.853 bits per heavy atom. The molecular weight excluding hydrogens is 496 g/mol. The highest BCUT2D eigenvalue weighted by Gasteiger charge is 2.58. The van der Waals surface area contributed by atoms with Crippen molar-refractivity contribution >= 4 is 33.7 Å². The Morgan fingerprint density at radius 3 is 1.97 bits per heavy atom. The van der Waals surface area contributed by atoms with Gasteiger partial charge in [-0.1, -0.05) is 72.8 Å². The first-order valence-corrected chi connectivity index (χ1v) is 11.8. The molecule has 4 rings (SSSR count).